The molecule has 0 atom stereocenters. The van der Waals surface area contributed by atoms with Crippen LogP contribution in [0.15, 0.2) is 23.1 Å². The van der Waals surface area contributed by atoms with E-state index in [2.05, 4.69) is 5.32 Å². The normalized spacial score (nSPS) is 9.79. The van der Waals surface area contributed by atoms with Crippen LogP contribution in [-0.4, -0.2) is 30.6 Å². The van der Waals surface area contributed by atoms with Crippen LogP contribution in [0.4, 0.5) is 0 Å². The van der Waals surface area contributed by atoms with Crippen LogP contribution in [-0.2, 0) is 9.59 Å². The van der Waals surface area contributed by atoms with Gasteiger partial charge < -0.3 is 15.8 Å². The first-order chi connectivity index (χ1) is 8.95. The van der Waals surface area contributed by atoms with Crippen molar-refractivity contribution in [2.75, 3.05) is 13.7 Å². The molecule has 0 bridgehead atoms. The molecule has 0 spiro atoms. The molecule has 0 saturated heterocycles. The van der Waals surface area contributed by atoms with Crippen molar-refractivity contribution in [1.82, 2.24) is 5.32 Å². The van der Waals surface area contributed by atoms with E-state index in [9.17, 15) is 14.4 Å². The lowest BCUT2D eigenvalue weighted by molar-refractivity contribution is -0.117. The van der Waals surface area contributed by atoms with Crippen molar-refractivity contribution in [3.05, 3.63) is 23.8 Å². The van der Waals surface area contributed by atoms with E-state index in [1.807, 2.05) is 0 Å². The van der Waals surface area contributed by atoms with E-state index in [0.717, 1.165) is 11.8 Å². The van der Waals surface area contributed by atoms with Gasteiger partial charge in [-0.25, -0.2) is 0 Å². The third-order valence-corrected chi connectivity index (χ3v) is 3.03. The molecule has 6 nitrogen and oxygen atoms in total. The monoisotopic (exact) mass is 282 g/mol. The van der Waals surface area contributed by atoms with Crippen molar-refractivity contribution < 1.29 is 19.1 Å². The highest BCUT2D eigenvalue weighted by atomic mass is 32.2. The number of benzene rings is 1. The van der Waals surface area contributed by atoms with Crippen LogP contribution in [0.1, 0.15) is 17.3 Å². The largest absolute Gasteiger partial charge is 0.496 e. The molecule has 0 unspecified atom stereocenters. The maximum atomic E-state index is 11.9. The zero-order valence-corrected chi connectivity index (χ0v) is 11.4. The summed E-state index contributed by atoms with van der Waals surface area (Å²) in [5.74, 6) is -0.703. The van der Waals surface area contributed by atoms with Gasteiger partial charge in [0.1, 0.15) is 5.75 Å². The predicted molar refractivity (Wildman–Crippen MR) is 71.1 cm³/mol. The minimum atomic E-state index is -0.642. The summed E-state index contributed by atoms with van der Waals surface area (Å²) in [6, 6.07) is 4.82. The van der Waals surface area contributed by atoms with Gasteiger partial charge in [-0.3, -0.25) is 14.4 Å². The van der Waals surface area contributed by atoms with Crippen LogP contribution in [0.3, 0.4) is 0 Å². The summed E-state index contributed by atoms with van der Waals surface area (Å²) in [5, 5.41) is 2.20. The number of carbonyl (C=O) groups excluding carboxylic acids is 3. The lowest BCUT2D eigenvalue weighted by atomic mass is 10.2. The van der Waals surface area contributed by atoms with Crippen molar-refractivity contribution in [2.45, 2.75) is 11.8 Å². The Morgan fingerprint density at radius 1 is 1.37 bits per heavy atom. The van der Waals surface area contributed by atoms with Crippen LogP contribution in [0, 0.1) is 0 Å². The fourth-order valence-electron chi connectivity index (χ4n) is 1.37. The zero-order chi connectivity index (χ0) is 14.4. The summed E-state index contributed by atoms with van der Waals surface area (Å²) < 4.78 is 5.12. The van der Waals surface area contributed by atoms with Gasteiger partial charge in [-0.2, -0.15) is 0 Å². The number of amides is 2. The Balaban J connectivity index is 3.07. The third kappa shape index (κ3) is 4.29. The van der Waals surface area contributed by atoms with Crippen molar-refractivity contribution in [2.24, 2.45) is 5.73 Å². The molecule has 1 rings (SSSR count). The van der Waals surface area contributed by atoms with Gasteiger partial charge in [0.2, 0.25) is 5.91 Å². The van der Waals surface area contributed by atoms with Gasteiger partial charge in [-0.15, -0.1) is 0 Å². The summed E-state index contributed by atoms with van der Waals surface area (Å²) in [7, 11) is 1.45. The first-order valence-corrected chi connectivity index (χ1v) is 6.19. The van der Waals surface area contributed by atoms with Gasteiger partial charge in [-0.1, -0.05) is 6.07 Å². The summed E-state index contributed by atoms with van der Waals surface area (Å²) in [6.07, 6.45) is 0. The van der Waals surface area contributed by atoms with E-state index in [-0.39, 0.29) is 17.2 Å². The Kier molecular flexibility index (Phi) is 5.37. The molecule has 19 heavy (non-hydrogen) atoms. The molecule has 0 aromatic heterocycles. The Hall–Kier alpha value is -2.02. The number of primary amides is 1. The van der Waals surface area contributed by atoms with Crippen LogP contribution in [0.25, 0.3) is 0 Å². The maximum Gasteiger partial charge on any atom is 0.253 e. The number of nitrogens with two attached hydrogens (primary N) is 1. The lowest BCUT2D eigenvalue weighted by Gasteiger charge is -2.11. The van der Waals surface area contributed by atoms with Crippen LogP contribution in [0.2, 0.25) is 0 Å². The molecule has 1 aromatic rings. The number of ether oxygens (including phenoxy) is 1. The molecule has 0 saturated carbocycles. The molecule has 0 radical (unpaired) electrons. The van der Waals surface area contributed by atoms with Crippen molar-refractivity contribution in [1.29, 1.82) is 0 Å². The minimum Gasteiger partial charge on any atom is -0.496 e. The third-order valence-electron chi connectivity index (χ3n) is 2.11. The van der Waals surface area contributed by atoms with Gasteiger partial charge in [0, 0.05) is 6.92 Å². The van der Waals surface area contributed by atoms with E-state index < -0.39 is 11.8 Å². The molecule has 2 amide bonds. The van der Waals surface area contributed by atoms with E-state index in [0.29, 0.717) is 10.6 Å². The molecule has 7 heteroatoms. The van der Waals surface area contributed by atoms with Crippen molar-refractivity contribution in [3.63, 3.8) is 0 Å². The van der Waals surface area contributed by atoms with Gasteiger partial charge in [0.05, 0.1) is 24.1 Å². The molecule has 1 aromatic carbocycles. The first kappa shape index (κ1) is 15.0. The number of hydrogen-bond acceptors (Lipinski definition) is 5. The number of thioether (sulfide) groups is 1. The van der Waals surface area contributed by atoms with Gasteiger partial charge in [0.25, 0.3) is 5.91 Å². The fraction of sp³-hybridized carbons (Fsp3) is 0.250. The van der Waals surface area contributed by atoms with E-state index >= 15 is 0 Å². The highest BCUT2D eigenvalue weighted by Crippen LogP contribution is 2.33. The quantitative estimate of drug-likeness (QED) is 0.768. The molecular formula is C12H14N2O4S. The summed E-state index contributed by atoms with van der Waals surface area (Å²) >= 11 is 0.898. The predicted octanol–water partition coefficient (Wildman–Crippen LogP) is 0.549. The molecule has 0 aliphatic carbocycles. The molecule has 3 N–H and O–H groups in total. The lowest BCUT2D eigenvalue weighted by Crippen LogP contribution is -2.33. The molecule has 0 fully saturated rings. The topological polar surface area (TPSA) is 98.5 Å². The second-order valence-electron chi connectivity index (χ2n) is 3.58. The summed E-state index contributed by atoms with van der Waals surface area (Å²) in [4.78, 5) is 34.2. The van der Waals surface area contributed by atoms with E-state index in [1.165, 1.54) is 14.0 Å². The first-order valence-electron chi connectivity index (χ1n) is 5.37. The second-order valence-corrected chi connectivity index (χ2v) is 4.77. The smallest absolute Gasteiger partial charge is 0.253 e. The average Bonchev–Trinajstić information content (AvgIpc) is 2.35. The van der Waals surface area contributed by atoms with E-state index in [1.54, 1.807) is 18.2 Å². The number of carbonyl (C=O) groups is 3. The van der Waals surface area contributed by atoms with Crippen LogP contribution < -0.4 is 15.8 Å². The Labute approximate surface area is 114 Å². The fourth-order valence-corrected chi connectivity index (χ4v) is 2.18. The van der Waals surface area contributed by atoms with Gasteiger partial charge in [-0.05, 0) is 23.9 Å². The molecular weight excluding hydrogens is 268 g/mol. The SMILES string of the molecule is COc1cccc(C(=O)NCC(N)=O)c1SC(C)=O. The Morgan fingerprint density at radius 2 is 2.05 bits per heavy atom. The maximum absolute atomic E-state index is 11.9. The summed E-state index contributed by atoms with van der Waals surface area (Å²) in [5.41, 5.74) is 5.22. The Bertz CT molecular complexity index is 516. The number of rotatable bonds is 5. The Morgan fingerprint density at radius 3 is 2.58 bits per heavy atom. The summed E-state index contributed by atoms with van der Waals surface area (Å²) in [6.45, 7) is 1.13. The van der Waals surface area contributed by atoms with Gasteiger partial charge >= 0.3 is 0 Å². The standard InChI is InChI=1S/C12H14N2O4S/c1-7(15)19-11-8(4-3-5-9(11)18-2)12(17)14-6-10(13)16/h3-5H,6H2,1-2H3,(H2,13,16)(H,14,17). The van der Waals surface area contributed by atoms with Crippen LogP contribution in [0.5, 0.6) is 5.75 Å². The van der Waals surface area contributed by atoms with E-state index in [4.69, 9.17) is 10.5 Å². The van der Waals surface area contributed by atoms with Crippen molar-refractivity contribution in [3.8, 4) is 5.75 Å². The number of hydrogen-bond donors (Lipinski definition) is 2. The highest BCUT2D eigenvalue weighted by molar-refractivity contribution is 8.13. The number of methoxy groups -OCH3 is 1. The molecule has 0 aliphatic heterocycles. The van der Waals surface area contributed by atoms with Gasteiger partial charge in [0.15, 0.2) is 5.12 Å². The molecule has 0 heterocycles. The molecule has 0 aliphatic rings. The van der Waals surface area contributed by atoms with Crippen molar-refractivity contribution >= 4 is 28.7 Å². The average molecular weight is 282 g/mol. The minimum absolute atomic E-state index is 0.173. The molecule has 102 valence electrons. The number of nitrogens with one attached hydrogen (secondary N) is 1. The zero-order valence-electron chi connectivity index (χ0n) is 10.6. The second kappa shape index (κ2) is 6.79. The van der Waals surface area contributed by atoms with Crippen LogP contribution >= 0.6 is 11.8 Å². The highest BCUT2D eigenvalue weighted by Gasteiger charge is 2.17.